The number of aliphatic hydroxyl groups excluding tert-OH is 2. The highest BCUT2D eigenvalue weighted by Crippen LogP contribution is 2.51. The van der Waals surface area contributed by atoms with Crippen molar-refractivity contribution in [2.75, 3.05) is 48.3 Å². The van der Waals surface area contributed by atoms with E-state index in [2.05, 4.69) is 0 Å². The van der Waals surface area contributed by atoms with Gasteiger partial charge in [0.25, 0.3) is 0 Å². The molecule has 13 heteroatoms. The molecule has 1 saturated heterocycles. The van der Waals surface area contributed by atoms with Gasteiger partial charge in [0.2, 0.25) is 0 Å². The molecule has 0 aromatic heterocycles. The molecule has 1 aliphatic heterocycles. The number of methoxy groups -OCH3 is 4. The fraction of sp³-hybridized carbons (Fsp3) is 0.415. The molecule has 0 radical (unpaired) electrons. The van der Waals surface area contributed by atoms with E-state index >= 15 is 0 Å². The summed E-state index contributed by atoms with van der Waals surface area (Å²) >= 11 is 0. The summed E-state index contributed by atoms with van der Waals surface area (Å²) in [6.07, 6.45) is 0.221. The maximum atomic E-state index is 12.1. The molecule has 1 saturated carbocycles. The van der Waals surface area contributed by atoms with E-state index < -0.39 is 35.7 Å². The van der Waals surface area contributed by atoms with Gasteiger partial charge in [-0.25, -0.2) is 0 Å². The van der Waals surface area contributed by atoms with Gasteiger partial charge >= 0.3 is 0 Å². The van der Waals surface area contributed by atoms with Crippen LogP contribution >= 0.6 is 0 Å². The molecule has 4 aromatic rings. The average Bonchev–Trinajstić information content (AvgIpc) is 3.68. The largest absolute Gasteiger partial charge is 0.504 e. The number of phenols is 4. The van der Waals surface area contributed by atoms with Gasteiger partial charge in [-0.3, -0.25) is 0 Å². The van der Waals surface area contributed by atoms with Crippen LogP contribution in [0.4, 0.5) is 0 Å². The van der Waals surface area contributed by atoms with E-state index in [0.29, 0.717) is 35.3 Å². The molecule has 13 nitrogen and oxygen atoms in total. The summed E-state index contributed by atoms with van der Waals surface area (Å²) < 4.78 is 27.6. The van der Waals surface area contributed by atoms with E-state index in [9.17, 15) is 40.9 Å². The highest BCUT2D eigenvalue weighted by Gasteiger charge is 2.50. The fourth-order valence-electron chi connectivity index (χ4n) is 8.36. The first kappa shape index (κ1) is 38.8. The highest BCUT2D eigenvalue weighted by atomic mass is 16.5. The molecule has 54 heavy (non-hydrogen) atoms. The molecule has 6 unspecified atom stereocenters. The molecular weight excluding hydrogens is 700 g/mol. The van der Waals surface area contributed by atoms with Crippen molar-refractivity contribution in [2.45, 2.75) is 48.9 Å². The summed E-state index contributed by atoms with van der Waals surface area (Å²) in [4.78, 5) is 0. The van der Waals surface area contributed by atoms with Gasteiger partial charge in [-0.15, -0.1) is 0 Å². The van der Waals surface area contributed by atoms with Crippen LogP contribution < -0.4 is 18.9 Å². The second-order valence-electron chi connectivity index (χ2n) is 14.3. The third kappa shape index (κ3) is 7.05. The number of aromatic hydroxyl groups is 4. The predicted molar refractivity (Wildman–Crippen MR) is 197 cm³/mol. The first-order valence-corrected chi connectivity index (χ1v) is 17.7. The topological polar surface area (TPSA) is 208 Å². The van der Waals surface area contributed by atoms with Crippen molar-refractivity contribution in [3.05, 3.63) is 82.9 Å². The van der Waals surface area contributed by atoms with Gasteiger partial charge in [0.05, 0.1) is 59.0 Å². The Kier molecular flexibility index (Phi) is 11.1. The van der Waals surface area contributed by atoms with Gasteiger partial charge in [0.1, 0.15) is 0 Å². The summed E-state index contributed by atoms with van der Waals surface area (Å²) in [6, 6.07) is 16.1. The monoisotopic (exact) mass is 748 g/mol. The highest BCUT2D eigenvalue weighted by molar-refractivity contribution is 5.81. The Morgan fingerprint density at radius 2 is 1.09 bits per heavy atom. The minimum Gasteiger partial charge on any atom is -0.504 e. The summed E-state index contributed by atoms with van der Waals surface area (Å²) in [5, 5.41) is 88.2. The van der Waals surface area contributed by atoms with Crippen molar-refractivity contribution >= 4 is 0 Å². The van der Waals surface area contributed by atoms with Gasteiger partial charge < -0.3 is 64.5 Å². The zero-order valence-corrected chi connectivity index (χ0v) is 30.7. The van der Waals surface area contributed by atoms with Crippen LogP contribution in [-0.2, 0) is 17.6 Å². The van der Waals surface area contributed by atoms with E-state index in [1.165, 1.54) is 40.6 Å². The Hall–Kier alpha value is -4.92. The molecule has 6 rings (SSSR count). The molecule has 2 fully saturated rings. The Morgan fingerprint density at radius 1 is 0.611 bits per heavy atom. The summed E-state index contributed by atoms with van der Waals surface area (Å²) in [6.45, 7) is -0.873. The molecule has 8 N–H and O–H groups in total. The Morgan fingerprint density at radius 3 is 1.59 bits per heavy atom. The minimum atomic E-state index is -1.57. The SMILES string of the molecule is COc1cc(C2CCC(O)(Cc3cc(OC)c(O)c(-c4cc(CC5(O)COC(c6ccc(O)c(OC)c6)C5CO)cc(OC)c4O)c3)C2CO)ccc1O. The fourth-order valence-corrected chi connectivity index (χ4v) is 8.36. The van der Waals surface area contributed by atoms with Crippen LogP contribution in [0.25, 0.3) is 11.1 Å². The quantitative estimate of drug-likeness (QED) is 0.0960. The Balaban J connectivity index is 1.33. The molecule has 6 atom stereocenters. The van der Waals surface area contributed by atoms with Crippen LogP contribution in [0.5, 0.6) is 46.0 Å². The lowest BCUT2D eigenvalue weighted by atomic mass is 9.79. The smallest absolute Gasteiger partial charge is 0.165 e. The number of phenolic OH excluding ortho intramolecular Hbond substituents is 4. The molecule has 0 bridgehead atoms. The molecule has 0 amide bonds. The van der Waals surface area contributed by atoms with Crippen LogP contribution in [0.2, 0.25) is 0 Å². The average molecular weight is 749 g/mol. The first-order chi connectivity index (χ1) is 25.8. The van der Waals surface area contributed by atoms with E-state index in [-0.39, 0.29) is 83.3 Å². The number of hydrogen-bond donors (Lipinski definition) is 8. The van der Waals surface area contributed by atoms with Gasteiger partial charge in [0.15, 0.2) is 46.0 Å². The lowest BCUT2D eigenvalue weighted by Gasteiger charge is -2.32. The predicted octanol–water partition coefficient (Wildman–Crippen LogP) is 4.32. The minimum absolute atomic E-state index is 0.0130. The van der Waals surface area contributed by atoms with Gasteiger partial charge in [-0.1, -0.05) is 12.1 Å². The van der Waals surface area contributed by atoms with Crippen molar-refractivity contribution in [3.8, 4) is 57.1 Å². The number of benzene rings is 4. The number of hydrogen-bond acceptors (Lipinski definition) is 13. The van der Waals surface area contributed by atoms with Gasteiger partial charge in [0, 0.05) is 42.4 Å². The third-order valence-electron chi connectivity index (χ3n) is 11.2. The van der Waals surface area contributed by atoms with Crippen LogP contribution in [0.3, 0.4) is 0 Å². The van der Waals surface area contributed by atoms with E-state index in [1.54, 1.807) is 48.5 Å². The van der Waals surface area contributed by atoms with Crippen molar-refractivity contribution in [1.82, 2.24) is 0 Å². The normalized spacial score (nSPS) is 25.1. The molecule has 0 spiro atoms. The summed E-state index contributed by atoms with van der Waals surface area (Å²) in [5.41, 5.74) is -0.142. The maximum Gasteiger partial charge on any atom is 0.165 e. The molecule has 1 heterocycles. The van der Waals surface area contributed by atoms with Crippen molar-refractivity contribution in [1.29, 1.82) is 0 Å². The standard InChI is InChI=1S/C41H48O13/c1-50-33-15-24(5-7-31(33)44)26-9-10-40(48,29(26)19-42)17-22-11-27(37(46)35(13-22)52-3)28-12-23(14-36(53-4)38(28)47)18-41(49)21-54-39(30(41)20-43)25-6-8-32(45)34(16-25)51-2/h5-8,11-16,26,29-30,39,42-49H,9-10,17-21H2,1-4H3. The second-order valence-corrected chi connectivity index (χ2v) is 14.3. The first-order valence-electron chi connectivity index (χ1n) is 17.7. The maximum absolute atomic E-state index is 12.1. The van der Waals surface area contributed by atoms with E-state index in [4.69, 9.17) is 23.7 Å². The molecule has 4 aromatic carbocycles. The molecule has 290 valence electrons. The Labute approximate surface area is 313 Å². The van der Waals surface area contributed by atoms with Gasteiger partial charge in [-0.2, -0.15) is 0 Å². The van der Waals surface area contributed by atoms with Crippen molar-refractivity contribution < 1.29 is 64.5 Å². The van der Waals surface area contributed by atoms with Crippen LogP contribution in [0.1, 0.15) is 47.1 Å². The summed E-state index contributed by atoms with van der Waals surface area (Å²) in [7, 11) is 5.64. The lowest BCUT2D eigenvalue weighted by molar-refractivity contribution is -0.0223. The van der Waals surface area contributed by atoms with Crippen LogP contribution in [0.15, 0.2) is 60.7 Å². The van der Waals surface area contributed by atoms with Crippen molar-refractivity contribution in [2.24, 2.45) is 11.8 Å². The number of aliphatic hydroxyl groups is 4. The van der Waals surface area contributed by atoms with Crippen molar-refractivity contribution in [3.63, 3.8) is 0 Å². The third-order valence-corrected chi connectivity index (χ3v) is 11.2. The molecular formula is C41H48O13. The van der Waals surface area contributed by atoms with E-state index in [1.807, 2.05) is 0 Å². The van der Waals surface area contributed by atoms with Crippen LogP contribution in [-0.4, -0.2) is 100 Å². The second kappa shape index (κ2) is 15.4. The molecule has 1 aliphatic carbocycles. The Bertz CT molecular complexity index is 1840. The zero-order valence-electron chi connectivity index (χ0n) is 30.7. The number of ether oxygens (including phenoxy) is 5. The van der Waals surface area contributed by atoms with Gasteiger partial charge in [-0.05, 0) is 89.5 Å². The number of rotatable bonds is 13. The molecule has 2 aliphatic rings. The zero-order chi connectivity index (χ0) is 38.9. The lowest BCUT2D eigenvalue weighted by Crippen LogP contribution is -2.41. The summed E-state index contributed by atoms with van der Waals surface area (Å²) in [5.74, 6) is -1.57. The van der Waals surface area contributed by atoms with Crippen LogP contribution in [0, 0.1) is 11.8 Å². The van der Waals surface area contributed by atoms with E-state index in [0.717, 1.165) is 5.56 Å².